The maximum atomic E-state index is 13.2. The molecule has 6 nitrogen and oxygen atoms in total. The van der Waals surface area contributed by atoms with E-state index in [0.717, 1.165) is 22.6 Å². The van der Waals surface area contributed by atoms with E-state index in [2.05, 4.69) is 10.5 Å². The summed E-state index contributed by atoms with van der Waals surface area (Å²) in [7, 11) is 0. The van der Waals surface area contributed by atoms with Crippen LogP contribution in [0.5, 0.6) is 5.75 Å². The number of hydrogen-bond acceptors (Lipinski definition) is 4. The molecule has 1 amide bonds. The van der Waals surface area contributed by atoms with Crippen molar-refractivity contribution in [2.24, 2.45) is 5.10 Å². The minimum absolute atomic E-state index is 0.204. The largest absolute Gasteiger partial charge is 0.508 e. The van der Waals surface area contributed by atoms with Gasteiger partial charge in [-0.2, -0.15) is 5.10 Å². The molecule has 0 saturated carbocycles. The Bertz CT molecular complexity index is 1240. The second-order valence-electron chi connectivity index (χ2n) is 7.82. The summed E-state index contributed by atoms with van der Waals surface area (Å²) < 4.78 is 2.03. The van der Waals surface area contributed by atoms with Crippen LogP contribution in [0.4, 0.5) is 0 Å². The molecule has 0 unspecified atom stereocenters. The van der Waals surface area contributed by atoms with Crippen LogP contribution in [0.15, 0.2) is 96.1 Å². The minimum atomic E-state index is -1.89. The van der Waals surface area contributed by atoms with Crippen LogP contribution in [-0.4, -0.2) is 26.9 Å². The van der Waals surface area contributed by atoms with Gasteiger partial charge in [0.25, 0.3) is 5.91 Å². The van der Waals surface area contributed by atoms with Gasteiger partial charge in [-0.05, 0) is 55.3 Å². The van der Waals surface area contributed by atoms with Gasteiger partial charge in [-0.25, -0.2) is 5.43 Å². The molecule has 0 aliphatic carbocycles. The number of amides is 1. The van der Waals surface area contributed by atoms with Gasteiger partial charge >= 0.3 is 0 Å². The maximum Gasteiger partial charge on any atom is 0.281 e. The molecule has 0 atom stereocenters. The Morgan fingerprint density at radius 2 is 1.45 bits per heavy atom. The van der Waals surface area contributed by atoms with Crippen molar-refractivity contribution >= 4 is 12.1 Å². The van der Waals surface area contributed by atoms with E-state index < -0.39 is 11.5 Å². The predicted molar refractivity (Wildman–Crippen MR) is 129 cm³/mol. The lowest BCUT2D eigenvalue weighted by atomic mass is 9.85. The van der Waals surface area contributed by atoms with E-state index in [1.807, 2.05) is 48.7 Å². The second kappa shape index (κ2) is 9.14. The number of benzene rings is 3. The molecular formula is C27H25N3O3. The highest BCUT2D eigenvalue weighted by molar-refractivity contribution is 5.91. The van der Waals surface area contributed by atoms with E-state index in [1.54, 1.807) is 66.9 Å². The van der Waals surface area contributed by atoms with Gasteiger partial charge in [-0.15, -0.1) is 0 Å². The smallest absolute Gasteiger partial charge is 0.281 e. The summed E-state index contributed by atoms with van der Waals surface area (Å²) >= 11 is 0. The number of phenolic OH excluding ortho intramolecular Hbond substituents is 1. The van der Waals surface area contributed by atoms with Crippen LogP contribution in [0.25, 0.3) is 5.69 Å². The predicted octanol–water partition coefficient (Wildman–Crippen LogP) is 4.19. The highest BCUT2D eigenvalue weighted by Crippen LogP contribution is 2.30. The van der Waals surface area contributed by atoms with E-state index in [1.165, 1.54) is 0 Å². The molecule has 0 aliphatic rings. The molecule has 0 bridgehead atoms. The standard InChI is InChI=1S/C27H25N3O3/c1-19-17-21(20(2)30(19)24-13-15-25(31)16-14-24)18-28-29-26(32)27(33,22-9-5-3-6-10-22)23-11-7-4-8-12-23/h3-18,31,33H,1-2H3,(H,29,32)/b28-18-. The highest BCUT2D eigenvalue weighted by atomic mass is 16.3. The first-order chi connectivity index (χ1) is 15.9. The molecule has 166 valence electrons. The Morgan fingerprint density at radius 3 is 2.00 bits per heavy atom. The number of hydrogen-bond donors (Lipinski definition) is 3. The fourth-order valence-corrected chi connectivity index (χ4v) is 3.95. The van der Waals surface area contributed by atoms with Crippen LogP contribution in [0.3, 0.4) is 0 Å². The van der Waals surface area contributed by atoms with Crippen LogP contribution in [-0.2, 0) is 10.4 Å². The summed E-state index contributed by atoms with van der Waals surface area (Å²) in [5, 5.41) is 25.2. The minimum Gasteiger partial charge on any atom is -0.508 e. The Morgan fingerprint density at radius 1 is 0.909 bits per heavy atom. The van der Waals surface area contributed by atoms with Crippen LogP contribution < -0.4 is 5.43 Å². The van der Waals surface area contributed by atoms with Gasteiger partial charge in [0.15, 0.2) is 5.60 Å². The van der Waals surface area contributed by atoms with Crippen molar-refractivity contribution in [3.8, 4) is 11.4 Å². The molecule has 0 fully saturated rings. The van der Waals surface area contributed by atoms with Crippen molar-refractivity contribution in [3.05, 3.63) is 119 Å². The van der Waals surface area contributed by atoms with Crippen molar-refractivity contribution in [1.29, 1.82) is 0 Å². The van der Waals surface area contributed by atoms with Crippen molar-refractivity contribution in [2.75, 3.05) is 0 Å². The monoisotopic (exact) mass is 439 g/mol. The van der Waals surface area contributed by atoms with Gasteiger partial charge in [0.05, 0.1) is 6.21 Å². The summed E-state index contributed by atoms with van der Waals surface area (Å²) in [6, 6.07) is 26.5. The molecule has 0 spiro atoms. The molecule has 0 saturated heterocycles. The lowest BCUT2D eigenvalue weighted by molar-refractivity contribution is -0.136. The van der Waals surface area contributed by atoms with Gasteiger partial charge in [-0.1, -0.05) is 60.7 Å². The van der Waals surface area contributed by atoms with Crippen molar-refractivity contribution in [3.63, 3.8) is 0 Å². The quantitative estimate of drug-likeness (QED) is 0.311. The fraction of sp³-hybridized carbons (Fsp3) is 0.111. The molecule has 3 N–H and O–H groups in total. The molecule has 6 heteroatoms. The van der Waals surface area contributed by atoms with Crippen molar-refractivity contribution in [1.82, 2.24) is 9.99 Å². The van der Waals surface area contributed by atoms with Gasteiger partial charge in [0.1, 0.15) is 5.75 Å². The third-order valence-electron chi connectivity index (χ3n) is 5.66. The molecule has 4 aromatic rings. The van der Waals surface area contributed by atoms with Crippen molar-refractivity contribution < 1.29 is 15.0 Å². The number of nitrogens with one attached hydrogen (secondary N) is 1. The Hall–Kier alpha value is -4.16. The number of aromatic nitrogens is 1. The summed E-state index contributed by atoms with van der Waals surface area (Å²) in [6.07, 6.45) is 1.56. The molecule has 33 heavy (non-hydrogen) atoms. The number of aliphatic hydroxyl groups is 1. The number of carbonyl (C=O) groups excluding carboxylic acids is 1. The Labute approximate surface area is 192 Å². The van der Waals surface area contributed by atoms with E-state index in [4.69, 9.17) is 0 Å². The van der Waals surface area contributed by atoms with Gasteiger partial charge in [-0.3, -0.25) is 4.79 Å². The number of aromatic hydroxyl groups is 1. The summed E-state index contributed by atoms with van der Waals surface area (Å²) in [6.45, 7) is 3.92. The zero-order valence-corrected chi connectivity index (χ0v) is 18.4. The first-order valence-electron chi connectivity index (χ1n) is 10.6. The lowest BCUT2D eigenvalue weighted by Crippen LogP contribution is -2.43. The van der Waals surface area contributed by atoms with Crippen LogP contribution in [0.1, 0.15) is 28.1 Å². The first-order valence-corrected chi connectivity index (χ1v) is 10.6. The van der Waals surface area contributed by atoms with Gasteiger partial charge in [0, 0.05) is 22.6 Å². The van der Waals surface area contributed by atoms with E-state index >= 15 is 0 Å². The normalized spacial score (nSPS) is 11.6. The molecule has 3 aromatic carbocycles. The molecular weight excluding hydrogens is 414 g/mol. The number of phenols is 1. The number of nitrogens with zero attached hydrogens (tertiary/aromatic N) is 2. The zero-order valence-electron chi connectivity index (χ0n) is 18.4. The highest BCUT2D eigenvalue weighted by Gasteiger charge is 2.39. The molecule has 0 aliphatic heterocycles. The summed E-state index contributed by atoms with van der Waals surface area (Å²) in [5.74, 6) is -0.446. The van der Waals surface area contributed by atoms with Crippen molar-refractivity contribution in [2.45, 2.75) is 19.4 Å². The maximum absolute atomic E-state index is 13.2. The summed E-state index contributed by atoms with van der Waals surface area (Å²) in [5.41, 5.74) is 5.18. The lowest BCUT2D eigenvalue weighted by Gasteiger charge is -2.27. The summed E-state index contributed by atoms with van der Waals surface area (Å²) in [4.78, 5) is 13.2. The van der Waals surface area contributed by atoms with Crippen LogP contribution in [0.2, 0.25) is 0 Å². The first kappa shape index (κ1) is 22.0. The van der Waals surface area contributed by atoms with Crippen LogP contribution in [0, 0.1) is 13.8 Å². The fourth-order valence-electron chi connectivity index (χ4n) is 3.95. The zero-order chi connectivity index (χ0) is 23.4. The van der Waals surface area contributed by atoms with E-state index in [9.17, 15) is 15.0 Å². The number of hydrazone groups is 1. The SMILES string of the molecule is Cc1cc(/C=N\NC(=O)C(O)(c2ccccc2)c2ccccc2)c(C)n1-c1ccc(O)cc1. The molecule has 0 radical (unpaired) electrons. The average molecular weight is 440 g/mol. The van der Waals surface area contributed by atoms with Crippen LogP contribution >= 0.6 is 0 Å². The molecule has 4 rings (SSSR count). The topological polar surface area (TPSA) is 86.9 Å². The number of rotatable bonds is 6. The Balaban J connectivity index is 1.61. The Kier molecular flexibility index (Phi) is 6.11. The number of carbonyl (C=O) groups is 1. The third kappa shape index (κ3) is 4.29. The van der Waals surface area contributed by atoms with E-state index in [0.29, 0.717) is 11.1 Å². The number of aryl methyl sites for hydroxylation is 1. The van der Waals surface area contributed by atoms with E-state index in [-0.39, 0.29) is 5.75 Å². The van der Waals surface area contributed by atoms with Gasteiger partial charge in [0.2, 0.25) is 0 Å². The third-order valence-corrected chi connectivity index (χ3v) is 5.66. The average Bonchev–Trinajstić information content (AvgIpc) is 3.13. The molecule has 1 aromatic heterocycles. The second-order valence-corrected chi connectivity index (χ2v) is 7.82. The van der Waals surface area contributed by atoms with Gasteiger partial charge < -0.3 is 14.8 Å². The molecule has 1 heterocycles.